The summed E-state index contributed by atoms with van der Waals surface area (Å²) in [4.78, 5) is 0. The smallest absolute Gasteiger partial charge is 0.00488 e. The van der Waals surface area contributed by atoms with Crippen molar-refractivity contribution in [3.63, 3.8) is 0 Å². The topological polar surface area (TPSA) is 0 Å². The van der Waals surface area contributed by atoms with Crippen LogP contribution in [-0.2, 0) is 6.42 Å². The van der Waals surface area contributed by atoms with Crippen molar-refractivity contribution in [2.75, 3.05) is 0 Å². The Bertz CT molecular complexity index is 596. The third-order valence-corrected chi connectivity index (χ3v) is 4.60. The summed E-state index contributed by atoms with van der Waals surface area (Å²) in [6.07, 6.45) is 12.6. The van der Waals surface area contributed by atoms with Crippen molar-refractivity contribution in [2.24, 2.45) is 0 Å². The van der Waals surface area contributed by atoms with Crippen LogP contribution >= 0.6 is 0 Å². The van der Waals surface area contributed by atoms with Gasteiger partial charge in [0.1, 0.15) is 0 Å². The van der Waals surface area contributed by atoms with E-state index in [2.05, 4.69) is 36.4 Å². The SMILES string of the molecule is C1=Cc2ccccc2CC2=C1C1=C(CCCC1)C2. The zero-order valence-corrected chi connectivity index (χ0v) is 10.7. The summed E-state index contributed by atoms with van der Waals surface area (Å²) in [6.45, 7) is 0. The highest BCUT2D eigenvalue weighted by Gasteiger charge is 2.26. The molecule has 1 aromatic carbocycles. The van der Waals surface area contributed by atoms with Crippen molar-refractivity contribution >= 4 is 6.08 Å². The molecule has 90 valence electrons. The molecule has 0 atom stereocenters. The van der Waals surface area contributed by atoms with E-state index in [1.165, 1.54) is 43.2 Å². The van der Waals surface area contributed by atoms with Crippen molar-refractivity contribution in [3.05, 3.63) is 63.8 Å². The Morgan fingerprint density at radius 2 is 1.67 bits per heavy atom. The molecule has 18 heavy (non-hydrogen) atoms. The molecule has 0 unspecified atom stereocenters. The lowest BCUT2D eigenvalue weighted by Gasteiger charge is -2.15. The molecular weight excluding hydrogens is 216 g/mol. The largest absolute Gasteiger partial charge is 0.0623 e. The summed E-state index contributed by atoms with van der Waals surface area (Å²) < 4.78 is 0. The van der Waals surface area contributed by atoms with Crippen LogP contribution in [0.5, 0.6) is 0 Å². The van der Waals surface area contributed by atoms with Crippen LogP contribution in [0.4, 0.5) is 0 Å². The minimum atomic E-state index is 1.16. The molecular formula is C18H18. The highest BCUT2D eigenvalue weighted by atomic mass is 14.3. The van der Waals surface area contributed by atoms with Gasteiger partial charge in [-0.05, 0) is 60.8 Å². The molecule has 0 spiro atoms. The van der Waals surface area contributed by atoms with Crippen molar-refractivity contribution < 1.29 is 0 Å². The van der Waals surface area contributed by atoms with Crippen molar-refractivity contribution in [1.82, 2.24) is 0 Å². The van der Waals surface area contributed by atoms with Crippen LogP contribution in [0.2, 0.25) is 0 Å². The second kappa shape index (κ2) is 3.98. The van der Waals surface area contributed by atoms with Crippen molar-refractivity contribution in [2.45, 2.75) is 38.5 Å². The Kier molecular flexibility index (Phi) is 2.29. The molecule has 1 aromatic rings. The molecule has 0 aliphatic heterocycles. The molecule has 0 fully saturated rings. The minimum Gasteiger partial charge on any atom is -0.0623 e. The monoisotopic (exact) mass is 234 g/mol. The number of fused-ring (bicyclic) bond motifs is 2. The molecule has 0 N–H and O–H groups in total. The first-order valence-electron chi connectivity index (χ1n) is 7.11. The number of rotatable bonds is 0. The Labute approximate surface area is 109 Å². The van der Waals surface area contributed by atoms with Crippen LogP contribution in [0.1, 0.15) is 43.2 Å². The van der Waals surface area contributed by atoms with Crippen LogP contribution in [0.25, 0.3) is 6.08 Å². The lowest BCUT2D eigenvalue weighted by atomic mass is 9.90. The average molecular weight is 234 g/mol. The van der Waals surface area contributed by atoms with E-state index in [0.29, 0.717) is 0 Å². The summed E-state index contributed by atoms with van der Waals surface area (Å²) in [5.41, 5.74) is 9.60. The van der Waals surface area contributed by atoms with Gasteiger partial charge in [0.15, 0.2) is 0 Å². The quantitative estimate of drug-likeness (QED) is 0.603. The lowest BCUT2D eigenvalue weighted by molar-refractivity contribution is 0.677. The molecule has 3 aliphatic carbocycles. The van der Waals surface area contributed by atoms with Crippen molar-refractivity contribution in [1.29, 1.82) is 0 Å². The second-order valence-corrected chi connectivity index (χ2v) is 5.69. The lowest BCUT2D eigenvalue weighted by Crippen LogP contribution is -1.96. The summed E-state index contributed by atoms with van der Waals surface area (Å²) in [5, 5.41) is 0. The summed E-state index contributed by atoms with van der Waals surface area (Å²) in [5.74, 6) is 0. The van der Waals surface area contributed by atoms with Gasteiger partial charge >= 0.3 is 0 Å². The van der Waals surface area contributed by atoms with Gasteiger partial charge in [-0.1, -0.05) is 47.6 Å². The van der Waals surface area contributed by atoms with Gasteiger partial charge in [-0.3, -0.25) is 0 Å². The van der Waals surface area contributed by atoms with E-state index in [1.807, 2.05) is 0 Å². The van der Waals surface area contributed by atoms with E-state index in [4.69, 9.17) is 0 Å². The van der Waals surface area contributed by atoms with Gasteiger partial charge in [-0.15, -0.1) is 0 Å². The molecule has 0 saturated heterocycles. The summed E-state index contributed by atoms with van der Waals surface area (Å²) in [6, 6.07) is 8.84. The van der Waals surface area contributed by atoms with Gasteiger partial charge < -0.3 is 0 Å². The first-order valence-corrected chi connectivity index (χ1v) is 7.11. The Hall–Kier alpha value is -1.56. The maximum Gasteiger partial charge on any atom is -0.00488 e. The molecule has 0 amide bonds. The summed E-state index contributed by atoms with van der Waals surface area (Å²) >= 11 is 0. The number of hydrogen-bond acceptors (Lipinski definition) is 0. The highest BCUT2D eigenvalue weighted by Crippen LogP contribution is 2.44. The molecule has 0 radical (unpaired) electrons. The molecule has 0 nitrogen and oxygen atoms in total. The van der Waals surface area contributed by atoms with Gasteiger partial charge in [-0.2, -0.15) is 0 Å². The Balaban J connectivity index is 1.78. The fraction of sp³-hybridized carbons (Fsp3) is 0.333. The second-order valence-electron chi connectivity index (χ2n) is 5.69. The van der Waals surface area contributed by atoms with E-state index in [-0.39, 0.29) is 0 Å². The van der Waals surface area contributed by atoms with E-state index in [0.717, 1.165) is 6.42 Å². The molecule has 3 aliphatic rings. The zero-order chi connectivity index (χ0) is 11.9. The first-order chi connectivity index (χ1) is 8.92. The number of allylic oxidation sites excluding steroid dienone is 5. The molecule has 0 heterocycles. The highest BCUT2D eigenvalue weighted by molar-refractivity contribution is 5.66. The van der Waals surface area contributed by atoms with Crippen LogP contribution in [0.15, 0.2) is 52.6 Å². The zero-order valence-electron chi connectivity index (χ0n) is 10.7. The van der Waals surface area contributed by atoms with Crippen molar-refractivity contribution in [3.8, 4) is 0 Å². The Morgan fingerprint density at radius 1 is 0.778 bits per heavy atom. The maximum atomic E-state index is 2.38. The number of hydrogen-bond donors (Lipinski definition) is 0. The third-order valence-electron chi connectivity index (χ3n) is 4.60. The van der Waals surface area contributed by atoms with E-state index < -0.39 is 0 Å². The van der Waals surface area contributed by atoms with Gasteiger partial charge in [0.25, 0.3) is 0 Å². The normalized spacial score (nSPS) is 21.6. The van der Waals surface area contributed by atoms with Gasteiger partial charge in [-0.25, -0.2) is 0 Å². The summed E-state index contributed by atoms with van der Waals surface area (Å²) in [7, 11) is 0. The van der Waals surface area contributed by atoms with Crippen LogP contribution in [-0.4, -0.2) is 0 Å². The predicted molar refractivity (Wildman–Crippen MR) is 76.3 cm³/mol. The standard InChI is InChI=1S/C18H18/c1-2-6-14-11-16-12-15-7-3-4-8-17(15)18(16)10-9-13(14)5-1/h1-2,5-6,9-10H,3-4,7-8,11-12H2. The van der Waals surface area contributed by atoms with Crippen LogP contribution in [0, 0.1) is 0 Å². The fourth-order valence-corrected chi connectivity index (χ4v) is 3.69. The maximum absolute atomic E-state index is 2.38. The van der Waals surface area contributed by atoms with Gasteiger partial charge in [0.05, 0.1) is 0 Å². The van der Waals surface area contributed by atoms with Gasteiger partial charge in [0.2, 0.25) is 0 Å². The van der Waals surface area contributed by atoms with Gasteiger partial charge in [0, 0.05) is 0 Å². The first kappa shape index (κ1) is 10.4. The van der Waals surface area contributed by atoms with E-state index in [1.54, 1.807) is 22.3 Å². The molecule has 4 rings (SSSR count). The molecule has 0 saturated carbocycles. The fourth-order valence-electron chi connectivity index (χ4n) is 3.69. The van der Waals surface area contributed by atoms with Crippen LogP contribution < -0.4 is 0 Å². The van der Waals surface area contributed by atoms with E-state index >= 15 is 0 Å². The molecule has 0 heteroatoms. The third kappa shape index (κ3) is 1.52. The van der Waals surface area contributed by atoms with E-state index in [9.17, 15) is 0 Å². The average Bonchev–Trinajstić information content (AvgIpc) is 2.65. The molecule has 0 aromatic heterocycles. The van der Waals surface area contributed by atoms with Crippen LogP contribution in [0.3, 0.4) is 0 Å². The number of benzene rings is 1. The minimum absolute atomic E-state index is 1.16. The predicted octanol–water partition coefficient (Wildman–Crippen LogP) is 4.83. The Morgan fingerprint density at radius 3 is 2.67 bits per heavy atom. The molecule has 0 bridgehead atoms.